The second-order valence-electron chi connectivity index (χ2n) is 5.47. The van der Waals surface area contributed by atoms with Crippen molar-refractivity contribution in [1.29, 1.82) is 0 Å². The van der Waals surface area contributed by atoms with E-state index in [2.05, 4.69) is 21.6 Å². The first-order chi connectivity index (χ1) is 10.1. The summed E-state index contributed by atoms with van der Waals surface area (Å²) in [7, 11) is 1.66. The van der Waals surface area contributed by atoms with Gasteiger partial charge in [-0.1, -0.05) is 6.58 Å². The smallest absolute Gasteiger partial charge is 0.278 e. The highest BCUT2D eigenvalue weighted by molar-refractivity contribution is 5.44. The summed E-state index contributed by atoms with van der Waals surface area (Å²) >= 11 is 0. The van der Waals surface area contributed by atoms with Gasteiger partial charge in [-0.25, -0.2) is 9.50 Å². The molecule has 3 N–H and O–H groups in total. The zero-order valence-electron chi connectivity index (χ0n) is 12.0. The number of hydrogen-bond donors (Lipinski definition) is 2. The van der Waals surface area contributed by atoms with E-state index in [1.54, 1.807) is 17.8 Å². The number of nitrogens with two attached hydrogens (primary N) is 1. The number of imidazole rings is 1. The molecule has 1 saturated carbocycles. The van der Waals surface area contributed by atoms with E-state index < -0.39 is 0 Å². The number of rotatable bonds is 3. The quantitative estimate of drug-likeness (QED) is 0.833. The molecule has 7 nitrogen and oxygen atoms in total. The van der Waals surface area contributed by atoms with Crippen LogP contribution in [0.3, 0.4) is 0 Å². The number of hydrogen-bond acceptors (Lipinski definition) is 5. The Labute approximate surface area is 121 Å². The van der Waals surface area contributed by atoms with Gasteiger partial charge in [0.05, 0.1) is 19.1 Å². The van der Waals surface area contributed by atoms with Crippen LogP contribution in [-0.2, 0) is 4.74 Å². The molecular weight excluding hydrogens is 270 g/mol. The normalized spacial score (nSPS) is 22.3. The molecular formula is C14H19N5O2. The fraction of sp³-hybridized carbons (Fsp3) is 0.500. The number of aromatic nitrogens is 4. The van der Waals surface area contributed by atoms with E-state index >= 15 is 0 Å². The van der Waals surface area contributed by atoms with Crippen LogP contribution in [0.25, 0.3) is 5.52 Å². The van der Waals surface area contributed by atoms with E-state index in [-0.39, 0.29) is 17.4 Å². The van der Waals surface area contributed by atoms with Crippen molar-refractivity contribution in [2.75, 3.05) is 12.8 Å². The standard InChI is InChI=1S/C14H19N5O2/c1-8(21-2)9-3-5-10(6-4-9)12-16-7-11-13(20)17-14(15)18-19(11)12/h7,9-10H,1,3-6H2,2H3,(H3,15,17,18,20). The second kappa shape index (κ2) is 5.23. The minimum atomic E-state index is -0.261. The third-order valence-corrected chi connectivity index (χ3v) is 4.26. The lowest BCUT2D eigenvalue weighted by Gasteiger charge is -2.28. The topological polar surface area (TPSA) is 98.3 Å². The molecule has 2 aromatic rings. The van der Waals surface area contributed by atoms with Gasteiger partial charge in [-0.15, -0.1) is 5.10 Å². The molecule has 7 heteroatoms. The van der Waals surface area contributed by atoms with Crippen LogP contribution in [0, 0.1) is 5.92 Å². The molecule has 0 aliphatic heterocycles. The summed E-state index contributed by atoms with van der Waals surface area (Å²) in [4.78, 5) is 18.7. The van der Waals surface area contributed by atoms with E-state index in [1.165, 1.54) is 0 Å². The van der Waals surface area contributed by atoms with Crippen LogP contribution < -0.4 is 11.3 Å². The first-order valence-corrected chi connectivity index (χ1v) is 7.06. The molecule has 21 heavy (non-hydrogen) atoms. The first kappa shape index (κ1) is 13.7. The molecule has 0 saturated heterocycles. The molecule has 2 aromatic heterocycles. The van der Waals surface area contributed by atoms with Crippen molar-refractivity contribution in [1.82, 2.24) is 19.6 Å². The molecule has 0 spiro atoms. The Morgan fingerprint density at radius 2 is 2.19 bits per heavy atom. The van der Waals surface area contributed by atoms with Crippen LogP contribution in [0.2, 0.25) is 0 Å². The Morgan fingerprint density at radius 3 is 2.86 bits per heavy atom. The van der Waals surface area contributed by atoms with Crippen molar-refractivity contribution >= 4 is 11.5 Å². The van der Waals surface area contributed by atoms with Crippen LogP contribution >= 0.6 is 0 Å². The van der Waals surface area contributed by atoms with Crippen molar-refractivity contribution < 1.29 is 4.74 Å². The summed E-state index contributed by atoms with van der Waals surface area (Å²) in [6.07, 6.45) is 5.51. The zero-order valence-corrected chi connectivity index (χ0v) is 12.0. The second-order valence-corrected chi connectivity index (χ2v) is 5.47. The van der Waals surface area contributed by atoms with Gasteiger partial charge in [0, 0.05) is 11.8 Å². The van der Waals surface area contributed by atoms with Gasteiger partial charge in [0.2, 0.25) is 5.95 Å². The lowest BCUT2D eigenvalue weighted by molar-refractivity contribution is 0.207. The summed E-state index contributed by atoms with van der Waals surface area (Å²) < 4.78 is 6.80. The minimum absolute atomic E-state index is 0.105. The molecule has 0 amide bonds. The van der Waals surface area contributed by atoms with Crippen LogP contribution in [0.15, 0.2) is 23.3 Å². The van der Waals surface area contributed by atoms with E-state index in [9.17, 15) is 4.79 Å². The van der Waals surface area contributed by atoms with E-state index in [0.29, 0.717) is 11.4 Å². The highest BCUT2D eigenvalue weighted by Gasteiger charge is 2.27. The molecule has 1 aliphatic carbocycles. The molecule has 0 aromatic carbocycles. The van der Waals surface area contributed by atoms with Crippen molar-refractivity contribution in [3.05, 3.63) is 34.7 Å². The molecule has 1 aliphatic rings. The molecule has 112 valence electrons. The molecule has 0 bridgehead atoms. The van der Waals surface area contributed by atoms with Gasteiger partial charge in [-0.05, 0) is 25.7 Å². The number of H-pyrrole nitrogens is 1. The van der Waals surface area contributed by atoms with Crippen LogP contribution in [0.1, 0.15) is 37.4 Å². The Bertz CT molecular complexity index is 725. The first-order valence-electron chi connectivity index (χ1n) is 7.06. The minimum Gasteiger partial charge on any atom is -0.501 e. The molecule has 2 heterocycles. The predicted molar refractivity (Wildman–Crippen MR) is 78.9 cm³/mol. The molecule has 0 atom stereocenters. The van der Waals surface area contributed by atoms with Gasteiger partial charge in [0.1, 0.15) is 5.82 Å². The van der Waals surface area contributed by atoms with E-state index in [0.717, 1.165) is 37.3 Å². The molecule has 0 unspecified atom stereocenters. The van der Waals surface area contributed by atoms with Gasteiger partial charge in [-0.3, -0.25) is 9.78 Å². The fourth-order valence-corrected chi connectivity index (χ4v) is 3.05. The predicted octanol–water partition coefficient (Wildman–Crippen LogP) is 1.43. The maximum absolute atomic E-state index is 11.8. The summed E-state index contributed by atoms with van der Waals surface area (Å²) in [5.74, 6) is 2.44. The monoisotopic (exact) mass is 289 g/mol. The number of nitrogen functional groups attached to an aromatic ring is 1. The lowest BCUT2D eigenvalue weighted by atomic mass is 9.81. The van der Waals surface area contributed by atoms with Gasteiger partial charge < -0.3 is 10.5 Å². The average Bonchev–Trinajstić information content (AvgIpc) is 2.90. The Hall–Kier alpha value is -2.31. The van der Waals surface area contributed by atoms with Crippen LogP contribution in [-0.4, -0.2) is 26.7 Å². The fourth-order valence-electron chi connectivity index (χ4n) is 3.05. The van der Waals surface area contributed by atoms with Crippen LogP contribution in [0.5, 0.6) is 0 Å². The number of anilines is 1. The Morgan fingerprint density at radius 1 is 1.48 bits per heavy atom. The third-order valence-electron chi connectivity index (χ3n) is 4.26. The van der Waals surface area contributed by atoms with E-state index in [4.69, 9.17) is 10.5 Å². The number of nitrogens with zero attached hydrogens (tertiary/aromatic N) is 3. The highest BCUT2D eigenvalue weighted by Crippen LogP contribution is 2.37. The number of methoxy groups -OCH3 is 1. The number of allylic oxidation sites excluding steroid dienone is 1. The zero-order chi connectivity index (χ0) is 15.0. The molecule has 0 radical (unpaired) electrons. The number of aromatic amines is 1. The number of nitrogens with one attached hydrogen (secondary N) is 1. The summed E-state index contributed by atoms with van der Waals surface area (Å²) in [6, 6.07) is 0. The number of ether oxygens (including phenoxy) is 1. The number of fused-ring (bicyclic) bond motifs is 1. The van der Waals surface area contributed by atoms with Gasteiger partial charge in [0.25, 0.3) is 5.56 Å². The summed E-state index contributed by atoms with van der Waals surface area (Å²) in [5.41, 5.74) is 5.79. The summed E-state index contributed by atoms with van der Waals surface area (Å²) in [5, 5.41) is 4.18. The maximum Gasteiger partial charge on any atom is 0.278 e. The maximum atomic E-state index is 11.8. The molecule has 3 rings (SSSR count). The lowest BCUT2D eigenvalue weighted by Crippen LogP contribution is -2.20. The van der Waals surface area contributed by atoms with Gasteiger partial charge in [-0.2, -0.15) is 0 Å². The van der Waals surface area contributed by atoms with Crippen molar-refractivity contribution in [2.24, 2.45) is 5.92 Å². The molecule has 1 fully saturated rings. The summed E-state index contributed by atoms with van der Waals surface area (Å²) in [6.45, 7) is 3.94. The van der Waals surface area contributed by atoms with Crippen molar-refractivity contribution in [3.63, 3.8) is 0 Å². The van der Waals surface area contributed by atoms with Crippen molar-refractivity contribution in [3.8, 4) is 0 Å². The van der Waals surface area contributed by atoms with Gasteiger partial charge in [0.15, 0.2) is 5.52 Å². The van der Waals surface area contributed by atoms with Gasteiger partial charge >= 0.3 is 0 Å². The van der Waals surface area contributed by atoms with Crippen molar-refractivity contribution in [2.45, 2.75) is 31.6 Å². The largest absolute Gasteiger partial charge is 0.501 e. The van der Waals surface area contributed by atoms with E-state index in [1.807, 2.05) is 0 Å². The van der Waals surface area contributed by atoms with Crippen LogP contribution in [0.4, 0.5) is 5.95 Å². The average molecular weight is 289 g/mol. The SMILES string of the molecule is C=C(OC)C1CCC(c2ncc3c(=O)[nH]c(N)nn23)CC1. The Kier molecular flexibility index (Phi) is 3.40. The Balaban J connectivity index is 1.86. The third kappa shape index (κ3) is 2.39. The highest BCUT2D eigenvalue weighted by atomic mass is 16.5.